The molecule has 0 bridgehead atoms. The molecular weight excluding hydrogens is 236 g/mol. The van der Waals surface area contributed by atoms with Gasteiger partial charge in [-0.15, -0.1) is 0 Å². The number of carboxylic acid groups (broad SMARTS) is 1. The third-order valence-electron chi connectivity index (χ3n) is 3.22. The number of aliphatic carboxylic acids is 1. The van der Waals surface area contributed by atoms with E-state index in [1.54, 1.807) is 10.6 Å². The van der Waals surface area contributed by atoms with Gasteiger partial charge in [0, 0.05) is 19.3 Å². The van der Waals surface area contributed by atoms with Crippen molar-refractivity contribution in [3.05, 3.63) is 23.5 Å². The molecule has 2 rings (SSSR count). The molecule has 1 saturated heterocycles. The standard InChI is InChI=1S/C12H16N2O4/c1-8-3-4-9(13(8)2)11(15)14-5-6-18-10(7-14)12(16)17/h3-4,10H,5-7H2,1-2H3,(H,16,17). The van der Waals surface area contributed by atoms with Crippen LogP contribution in [0.15, 0.2) is 12.1 Å². The molecule has 1 amide bonds. The minimum absolute atomic E-state index is 0.0956. The number of ether oxygens (including phenoxy) is 1. The van der Waals surface area contributed by atoms with Crippen LogP contribution < -0.4 is 0 Å². The second kappa shape index (κ2) is 4.81. The van der Waals surface area contributed by atoms with E-state index in [-0.39, 0.29) is 19.1 Å². The molecule has 1 aromatic rings. The van der Waals surface area contributed by atoms with Crippen molar-refractivity contribution in [3.8, 4) is 0 Å². The number of morpholine rings is 1. The van der Waals surface area contributed by atoms with Crippen LogP contribution in [-0.4, -0.2) is 52.3 Å². The lowest BCUT2D eigenvalue weighted by molar-refractivity contribution is -0.154. The molecule has 0 saturated carbocycles. The van der Waals surface area contributed by atoms with Gasteiger partial charge in [0.1, 0.15) is 5.69 Å². The maximum absolute atomic E-state index is 12.3. The van der Waals surface area contributed by atoms with Crippen molar-refractivity contribution >= 4 is 11.9 Å². The smallest absolute Gasteiger partial charge is 0.334 e. The van der Waals surface area contributed by atoms with E-state index in [0.717, 1.165) is 5.69 Å². The summed E-state index contributed by atoms with van der Waals surface area (Å²) in [7, 11) is 1.82. The summed E-state index contributed by atoms with van der Waals surface area (Å²) in [4.78, 5) is 24.6. The molecule has 18 heavy (non-hydrogen) atoms. The quantitative estimate of drug-likeness (QED) is 0.819. The van der Waals surface area contributed by atoms with E-state index in [9.17, 15) is 9.59 Å². The van der Waals surface area contributed by atoms with Crippen LogP contribution in [0.1, 0.15) is 16.2 Å². The lowest BCUT2D eigenvalue weighted by Crippen LogP contribution is -2.48. The van der Waals surface area contributed by atoms with Crippen LogP contribution in [0.5, 0.6) is 0 Å². The Labute approximate surface area is 105 Å². The van der Waals surface area contributed by atoms with Crippen molar-refractivity contribution in [3.63, 3.8) is 0 Å². The van der Waals surface area contributed by atoms with E-state index in [1.165, 1.54) is 4.90 Å². The number of rotatable bonds is 2. The fourth-order valence-electron chi connectivity index (χ4n) is 1.97. The summed E-state index contributed by atoms with van der Waals surface area (Å²) < 4.78 is 6.89. The van der Waals surface area contributed by atoms with Gasteiger partial charge in [0.2, 0.25) is 0 Å². The molecule has 0 aliphatic carbocycles. The summed E-state index contributed by atoms with van der Waals surface area (Å²) >= 11 is 0. The molecule has 1 aliphatic rings. The van der Waals surface area contributed by atoms with Crippen molar-refractivity contribution in [2.24, 2.45) is 7.05 Å². The van der Waals surface area contributed by atoms with Crippen LogP contribution in [0.2, 0.25) is 0 Å². The van der Waals surface area contributed by atoms with E-state index in [0.29, 0.717) is 12.2 Å². The molecular formula is C12H16N2O4. The summed E-state index contributed by atoms with van der Waals surface area (Å²) in [5.74, 6) is -1.18. The molecule has 0 radical (unpaired) electrons. The van der Waals surface area contributed by atoms with Crippen LogP contribution in [0.3, 0.4) is 0 Å². The van der Waals surface area contributed by atoms with Gasteiger partial charge in [0.05, 0.1) is 13.2 Å². The van der Waals surface area contributed by atoms with E-state index >= 15 is 0 Å². The van der Waals surface area contributed by atoms with Crippen molar-refractivity contribution < 1.29 is 19.4 Å². The molecule has 1 aromatic heterocycles. The molecule has 6 nitrogen and oxygen atoms in total. The molecule has 1 atom stereocenters. The van der Waals surface area contributed by atoms with Crippen LogP contribution in [-0.2, 0) is 16.6 Å². The average Bonchev–Trinajstić information content (AvgIpc) is 2.69. The SMILES string of the molecule is Cc1ccc(C(=O)N2CCOC(C(=O)O)C2)n1C. The minimum atomic E-state index is -1.03. The Balaban J connectivity index is 2.14. The molecule has 1 unspecified atom stereocenters. The molecule has 0 spiro atoms. The Morgan fingerprint density at radius 3 is 2.72 bits per heavy atom. The highest BCUT2D eigenvalue weighted by Crippen LogP contribution is 2.13. The third kappa shape index (κ3) is 2.24. The van der Waals surface area contributed by atoms with E-state index in [2.05, 4.69) is 0 Å². The number of carbonyl (C=O) groups excluding carboxylic acids is 1. The average molecular weight is 252 g/mol. The maximum atomic E-state index is 12.3. The van der Waals surface area contributed by atoms with Gasteiger partial charge < -0.3 is 19.3 Å². The lowest BCUT2D eigenvalue weighted by Gasteiger charge is -2.30. The number of carbonyl (C=O) groups is 2. The van der Waals surface area contributed by atoms with E-state index in [1.807, 2.05) is 20.0 Å². The molecule has 2 heterocycles. The Morgan fingerprint density at radius 2 is 2.17 bits per heavy atom. The van der Waals surface area contributed by atoms with Crippen LogP contribution >= 0.6 is 0 Å². The zero-order valence-electron chi connectivity index (χ0n) is 10.4. The summed E-state index contributed by atoms with van der Waals surface area (Å²) in [6, 6.07) is 3.62. The number of nitrogens with zero attached hydrogens (tertiary/aromatic N) is 2. The second-order valence-corrected chi connectivity index (χ2v) is 4.37. The van der Waals surface area contributed by atoms with E-state index < -0.39 is 12.1 Å². The van der Waals surface area contributed by atoms with Crippen molar-refractivity contribution in [2.75, 3.05) is 19.7 Å². The topological polar surface area (TPSA) is 71.8 Å². The van der Waals surface area contributed by atoms with Gasteiger partial charge in [-0.05, 0) is 19.1 Å². The highest BCUT2D eigenvalue weighted by molar-refractivity contribution is 5.93. The number of hydrogen-bond donors (Lipinski definition) is 1. The molecule has 1 N–H and O–H groups in total. The summed E-state index contributed by atoms with van der Waals surface area (Å²) in [6.07, 6.45) is -0.927. The Morgan fingerprint density at radius 1 is 1.44 bits per heavy atom. The fourth-order valence-corrected chi connectivity index (χ4v) is 1.97. The van der Waals surface area contributed by atoms with Crippen molar-refractivity contribution in [1.82, 2.24) is 9.47 Å². The Hall–Kier alpha value is -1.82. The number of amides is 1. The summed E-state index contributed by atoms with van der Waals surface area (Å²) in [5, 5.41) is 8.90. The summed E-state index contributed by atoms with van der Waals surface area (Å²) in [5.41, 5.74) is 1.56. The first kappa shape index (κ1) is 12.6. The zero-order chi connectivity index (χ0) is 13.3. The largest absolute Gasteiger partial charge is 0.479 e. The number of carboxylic acids is 1. The Bertz CT molecular complexity index is 480. The Kier molecular flexibility index (Phi) is 3.38. The molecule has 1 aliphatic heterocycles. The summed E-state index contributed by atoms with van der Waals surface area (Å²) in [6.45, 7) is 2.69. The van der Waals surface area contributed by atoms with Gasteiger partial charge in [0.25, 0.3) is 5.91 Å². The van der Waals surface area contributed by atoms with Gasteiger partial charge in [0.15, 0.2) is 6.10 Å². The normalized spacial score (nSPS) is 19.9. The van der Waals surface area contributed by atoms with Crippen LogP contribution in [0.25, 0.3) is 0 Å². The lowest BCUT2D eigenvalue weighted by atomic mass is 10.2. The highest BCUT2D eigenvalue weighted by Gasteiger charge is 2.30. The monoisotopic (exact) mass is 252 g/mol. The zero-order valence-corrected chi connectivity index (χ0v) is 10.4. The third-order valence-corrected chi connectivity index (χ3v) is 3.22. The van der Waals surface area contributed by atoms with E-state index in [4.69, 9.17) is 9.84 Å². The number of hydrogen-bond acceptors (Lipinski definition) is 3. The van der Waals surface area contributed by atoms with Crippen LogP contribution in [0.4, 0.5) is 0 Å². The van der Waals surface area contributed by atoms with Gasteiger partial charge in [-0.2, -0.15) is 0 Å². The highest BCUT2D eigenvalue weighted by atomic mass is 16.5. The first-order valence-electron chi connectivity index (χ1n) is 5.76. The first-order chi connectivity index (χ1) is 8.50. The minimum Gasteiger partial charge on any atom is -0.479 e. The van der Waals surface area contributed by atoms with Crippen LogP contribution in [0, 0.1) is 6.92 Å². The molecule has 98 valence electrons. The van der Waals surface area contributed by atoms with Gasteiger partial charge >= 0.3 is 5.97 Å². The predicted octanol–water partition coefficient (Wildman–Crippen LogP) is 0.259. The predicted molar refractivity (Wildman–Crippen MR) is 63.4 cm³/mol. The van der Waals surface area contributed by atoms with Gasteiger partial charge in [-0.25, -0.2) is 4.79 Å². The second-order valence-electron chi connectivity index (χ2n) is 4.37. The van der Waals surface area contributed by atoms with Crippen molar-refractivity contribution in [2.45, 2.75) is 13.0 Å². The van der Waals surface area contributed by atoms with Gasteiger partial charge in [-0.1, -0.05) is 0 Å². The van der Waals surface area contributed by atoms with Crippen molar-refractivity contribution in [1.29, 1.82) is 0 Å². The molecule has 0 aromatic carbocycles. The number of aromatic nitrogens is 1. The molecule has 6 heteroatoms. The fraction of sp³-hybridized carbons (Fsp3) is 0.500. The number of aryl methyl sites for hydroxylation is 1. The van der Waals surface area contributed by atoms with Gasteiger partial charge in [-0.3, -0.25) is 4.79 Å². The first-order valence-corrected chi connectivity index (χ1v) is 5.76. The maximum Gasteiger partial charge on any atom is 0.334 e. The molecule has 1 fully saturated rings.